The average Bonchev–Trinajstić information content (AvgIpc) is 3.32. The van der Waals surface area contributed by atoms with Gasteiger partial charge in [-0.05, 0) is 44.2 Å². The zero-order valence-corrected chi connectivity index (χ0v) is 14.2. The lowest BCUT2D eigenvalue weighted by Gasteiger charge is -2.12. The third kappa shape index (κ3) is 3.67. The van der Waals surface area contributed by atoms with Crippen LogP contribution in [0.5, 0.6) is 5.88 Å². The largest absolute Gasteiger partial charge is 0.481 e. The van der Waals surface area contributed by atoms with Gasteiger partial charge in [-0.25, -0.2) is 9.78 Å². The highest BCUT2D eigenvalue weighted by Crippen LogP contribution is 2.39. The van der Waals surface area contributed by atoms with Crippen molar-refractivity contribution in [3.8, 4) is 5.88 Å². The predicted molar refractivity (Wildman–Crippen MR) is 91.0 cm³/mol. The highest BCUT2D eigenvalue weighted by molar-refractivity contribution is 5.88. The van der Waals surface area contributed by atoms with Gasteiger partial charge in [-0.1, -0.05) is 0 Å². The highest BCUT2D eigenvalue weighted by atomic mass is 16.5. The topological polar surface area (TPSA) is 81.1 Å². The Kier molecular flexibility index (Phi) is 4.69. The van der Waals surface area contributed by atoms with Gasteiger partial charge in [0, 0.05) is 18.0 Å². The molecule has 7 heteroatoms. The van der Waals surface area contributed by atoms with Crippen molar-refractivity contribution >= 4 is 11.7 Å². The van der Waals surface area contributed by atoms with Crippen molar-refractivity contribution in [1.29, 1.82) is 0 Å². The van der Waals surface area contributed by atoms with E-state index in [-0.39, 0.29) is 6.03 Å². The Hall–Kier alpha value is -2.57. The highest BCUT2D eigenvalue weighted by Gasteiger charge is 2.29. The van der Waals surface area contributed by atoms with Crippen LogP contribution in [0.1, 0.15) is 36.9 Å². The standard InChI is InChI=1S/C17H23N5O2/c1-11-6-7-18-16(24-3)15(11)9-19-17(23)21-14-8-20-22(10-14)12(2)13-4-5-13/h6-8,10,12-13H,4-5,9H2,1-3H3,(H2,19,21,23). The maximum absolute atomic E-state index is 12.1. The molecule has 3 rings (SSSR count). The van der Waals surface area contributed by atoms with Crippen LogP contribution in [0.25, 0.3) is 0 Å². The molecule has 1 atom stereocenters. The number of methoxy groups -OCH3 is 1. The molecule has 1 unspecified atom stereocenters. The van der Waals surface area contributed by atoms with Crippen LogP contribution in [0.3, 0.4) is 0 Å². The van der Waals surface area contributed by atoms with Gasteiger partial charge in [0.1, 0.15) is 0 Å². The Morgan fingerprint density at radius 1 is 1.50 bits per heavy atom. The summed E-state index contributed by atoms with van der Waals surface area (Å²) < 4.78 is 7.16. The fourth-order valence-electron chi connectivity index (χ4n) is 2.72. The summed E-state index contributed by atoms with van der Waals surface area (Å²) in [6.07, 6.45) is 7.76. The van der Waals surface area contributed by atoms with Gasteiger partial charge in [0.15, 0.2) is 0 Å². The number of amides is 2. The molecule has 0 radical (unpaired) electrons. The Balaban J connectivity index is 1.56. The Labute approximate surface area is 141 Å². The van der Waals surface area contributed by atoms with Crippen LogP contribution < -0.4 is 15.4 Å². The second-order valence-electron chi connectivity index (χ2n) is 6.21. The predicted octanol–water partition coefficient (Wildman–Crippen LogP) is 2.89. The summed E-state index contributed by atoms with van der Waals surface area (Å²) in [5.74, 6) is 1.24. The molecule has 1 aliphatic carbocycles. The summed E-state index contributed by atoms with van der Waals surface area (Å²) in [6, 6.07) is 1.99. The Bertz CT molecular complexity index is 724. The summed E-state index contributed by atoms with van der Waals surface area (Å²) in [5, 5.41) is 9.97. The van der Waals surface area contributed by atoms with E-state index in [2.05, 4.69) is 27.6 Å². The minimum Gasteiger partial charge on any atom is -0.481 e. The average molecular weight is 329 g/mol. The van der Waals surface area contributed by atoms with Crippen LogP contribution in [0, 0.1) is 12.8 Å². The number of carbonyl (C=O) groups excluding carboxylic acids is 1. The summed E-state index contributed by atoms with van der Waals surface area (Å²) >= 11 is 0. The zero-order valence-electron chi connectivity index (χ0n) is 14.2. The number of rotatable bonds is 6. The van der Waals surface area contributed by atoms with E-state index in [1.54, 1.807) is 19.5 Å². The molecule has 2 aromatic heterocycles. The first-order valence-electron chi connectivity index (χ1n) is 8.16. The van der Waals surface area contributed by atoms with Gasteiger partial charge in [-0.15, -0.1) is 0 Å². The maximum Gasteiger partial charge on any atom is 0.319 e. The van der Waals surface area contributed by atoms with E-state index in [9.17, 15) is 4.79 Å². The van der Waals surface area contributed by atoms with Crippen molar-refractivity contribution in [2.75, 3.05) is 12.4 Å². The van der Waals surface area contributed by atoms with Gasteiger partial charge in [0.05, 0.1) is 31.6 Å². The minimum absolute atomic E-state index is 0.279. The molecule has 0 saturated heterocycles. The van der Waals surface area contributed by atoms with E-state index < -0.39 is 0 Å². The van der Waals surface area contributed by atoms with Crippen molar-refractivity contribution in [2.24, 2.45) is 5.92 Å². The summed E-state index contributed by atoms with van der Waals surface area (Å²) in [6.45, 7) is 4.47. The molecule has 0 bridgehead atoms. The maximum atomic E-state index is 12.1. The van der Waals surface area contributed by atoms with Crippen molar-refractivity contribution < 1.29 is 9.53 Å². The van der Waals surface area contributed by atoms with E-state index in [1.807, 2.05) is 23.9 Å². The van der Waals surface area contributed by atoms with Gasteiger partial charge in [0.2, 0.25) is 5.88 Å². The normalized spacial score (nSPS) is 15.0. The van der Waals surface area contributed by atoms with Crippen LogP contribution in [0.4, 0.5) is 10.5 Å². The zero-order chi connectivity index (χ0) is 17.1. The monoisotopic (exact) mass is 329 g/mol. The van der Waals surface area contributed by atoms with Crippen molar-refractivity contribution in [1.82, 2.24) is 20.1 Å². The molecule has 1 aliphatic rings. The van der Waals surface area contributed by atoms with E-state index in [4.69, 9.17) is 4.74 Å². The molecule has 1 saturated carbocycles. The molecule has 128 valence electrons. The number of anilines is 1. The number of hydrogen-bond acceptors (Lipinski definition) is 4. The molecule has 0 aromatic carbocycles. The lowest BCUT2D eigenvalue weighted by atomic mass is 10.1. The molecule has 0 spiro atoms. The van der Waals surface area contributed by atoms with E-state index in [1.165, 1.54) is 12.8 Å². The lowest BCUT2D eigenvalue weighted by Crippen LogP contribution is -2.28. The van der Waals surface area contributed by atoms with Gasteiger partial charge < -0.3 is 15.4 Å². The van der Waals surface area contributed by atoms with E-state index in [0.29, 0.717) is 30.1 Å². The summed E-state index contributed by atoms with van der Waals surface area (Å²) in [7, 11) is 1.57. The number of aryl methyl sites for hydroxylation is 1. The van der Waals surface area contributed by atoms with E-state index >= 15 is 0 Å². The van der Waals surface area contributed by atoms with Crippen LogP contribution in [0.2, 0.25) is 0 Å². The third-order valence-corrected chi connectivity index (χ3v) is 4.45. The quantitative estimate of drug-likeness (QED) is 0.854. The number of nitrogens with zero attached hydrogens (tertiary/aromatic N) is 3. The number of urea groups is 1. The van der Waals surface area contributed by atoms with Crippen molar-refractivity contribution in [2.45, 2.75) is 39.3 Å². The third-order valence-electron chi connectivity index (χ3n) is 4.45. The van der Waals surface area contributed by atoms with Crippen LogP contribution in [-0.4, -0.2) is 27.9 Å². The number of ether oxygens (including phenoxy) is 1. The molecule has 1 fully saturated rings. The molecule has 2 aromatic rings. The molecular formula is C17H23N5O2. The van der Waals surface area contributed by atoms with Crippen molar-refractivity contribution in [3.05, 3.63) is 35.8 Å². The fourth-order valence-corrected chi connectivity index (χ4v) is 2.72. The number of pyridine rings is 1. The molecule has 0 aliphatic heterocycles. The molecule has 24 heavy (non-hydrogen) atoms. The first kappa shape index (κ1) is 16.3. The second-order valence-corrected chi connectivity index (χ2v) is 6.21. The first-order chi connectivity index (χ1) is 11.6. The molecule has 2 amide bonds. The first-order valence-corrected chi connectivity index (χ1v) is 8.16. The molecule has 2 heterocycles. The lowest BCUT2D eigenvalue weighted by molar-refractivity contribution is 0.251. The van der Waals surface area contributed by atoms with E-state index in [0.717, 1.165) is 11.1 Å². The van der Waals surface area contributed by atoms with Crippen LogP contribution >= 0.6 is 0 Å². The van der Waals surface area contributed by atoms with Gasteiger partial charge >= 0.3 is 6.03 Å². The van der Waals surface area contributed by atoms with Gasteiger partial charge in [-0.2, -0.15) is 5.10 Å². The smallest absolute Gasteiger partial charge is 0.319 e. The number of nitrogens with one attached hydrogen (secondary N) is 2. The van der Waals surface area contributed by atoms with Crippen molar-refractivity contribution in [3.63, 3.8) is 0 Å². The fraction of sp³-hybridized carbons (Fsp3) is 0.471. The molecular weight excluding hydrogens is 306 g/mol. The minimum atomic E-state index is -0.279. The van der Waals surface area contributed by atoms with Gasteiger partial charge in [0.25, 0.3) is 0 Å². The Morgan fingerprint density at radius 2 is 2.29 bits per heavy atom. The van der Waals surface area contributed by atoms with Crippen LogP contribution in [-0.2, 0) is 6.54 Å². The van der Waals surface area contributed by atoms with Crippen LogP contribution in [0.15, 0.2) is 24.7 Å². The molecule has 7 nitrogen and oxygen atoms in total. The SMILES string of the molecule is COc1nccc(C)c1CNC(=O)Nc1cnn(C(C)C2CC2)c1. The number of aromatic nitrogens is 3. The van der Waals surface area contributed by atoms with Gasteiger partial charge in [-0.3, -0.25) is 4.68 Å². The second kappa shape index (κ2) is 6.90. The number of carbonyl (C=O) groups is 1. The summed E-state index contributed by atoms with van der Waals surface area (Å²) in [4.78, 5) is 16.3. The number of hydrogen-bond donors (Lipinski definition) is 2. The Morgan fingerprint density at radius 3 is 3.00 bits per heavy atom. The summed E-state index contributed by atoms with van der Waals surface area (Å²) in [5.41, 5.74) is 2.58. The molecule has 2 N–H and O–H groups in total.